The first-order valence-corrected chi connectivity index (χ1v) is 7.53. The second-order valence-corrected chi connectivity index (χ2v) is 5.14. The number of methoxy groups -OCH3 is 1. The molecule has 1 rings (SSSR count). The van der Waals surface area contributed by atoms with Gasteiger partial charge >= 0.3 is 0 Å². The molecule has 0 amide bonds. The van der Waals surface area contributed by atoms with E-state index in [4.69, 9.17) is 16.3 Å². The van der Waals surface area contributed by atoms with Crippen LogP contribution in [0.1, 0.15) is 38.8 Å². The number of rotatable bonds is 10. The average Bonchev–Trinajstić information content (AvgIpc) is 2.75. The lowest BCUT2D eigenvalue weighted by Crippen LogP contribution is -2.29. The molecule has 0 aliphatic carbocycles. The van der Waals surface area contributed by atoms with Crippen LogP contribution in [0.2, 0.25) is 5.02 Å². The molecule has 5 heteroatoms. The van der Waals surface area contributed by atoms with Crippen LogP contribution < -0.4 is 5.32 Å². The molecule has 1 heterocycles. The minimum atomic E-state index is 0.567. The maximum absolute atomic E-state index is 6.22. The van der Waals surface area contributed by atoms with E-state index in [1.54, 1.807) is 13.3 Å². The van der Waals surface area contributed by atoms with Gasteiger partial charge in [-0.05, 0) is 25.8 Å². The van der Waals surface area contributed by atoms with E-state index in [2.05, 4.69) is 24.3 Å². The van der Waals surface area contributed by atoms with Crippen molar-refractivity contribution < 1.29 is 4.74 Å². The van der Waals surface area contributed by atoms with Gasteiger partial charge in [0.15, 0.2) is 0 Å². The number of hydrogen-bond acceptors (Lipinski definition) is 3. The van der Waals surface area contributed by atoms with Crippen LogP contribution in [-0.4, -0.2) is 36.1 Å². The molecule has 0 radical (unpaired) electrons. The molecule has 0 aliphatic heterocycles. The summed E-state index contributed by atoms with van der Waals surface area (Å²) in [4.78, 5) is 0. The fraction of sp³-hybridized carbons (Fsp3) is 0.786. The van der Waals surface area contributed by atoms with Crippen LogP contribution in [0.15, 0.2) is 6.20 Å². The second kappa shape index (κ2) is 9.34. The summed E-state index contributed by atoms with van der Waals surface area (Å²) in [7, 11) is 1.70. The smallest absolute Gasteiger partial charge is 0.0817 e. The summed E-state index contributed by atoms with van der Waals surface area (Å²) in [6.07, 6.45) is 6.20. The molecule has 1 aromatic rings. The van der Waals surface area contributed by atoms with E-state index >= 15 is 0 Å². The van der Waals surface area contributed by atoms with Crippen LogP contribution in [-0.2, 0) is 17.7 Å². The summed E-state index contributed by atoms with van der Waals surface area (Å²) in [5, 5.41) is 8.60. The fourth-order valence-electron chi connectivity index (χ4n) is 2.30. The number of ether oxygens (including phenoxy) is 1. The highest BCUT2D eigenvalue weighted by molar-refractivity contribution is 6.31. The molecule has 1 N–H and O–H groups in total. The SMILES string of the molecule is CCCC(CCc1c(Cl)cnn1CCOC)NCC. The summed E-state index contributed by atoms with van der Waals surface area (Å²) >= 11 is 6.22. The molecule has 0 aromatic carbocycles. The van der Waals surface area contributed by atoms with Gasteiger partial charge in [0.1, 0.15) is 0 Å². The molecule has 19 heavy (non-hydrogen) atoms. The summed E-state index contributed by atoms with van der Waals surface area (Å²) < 4.78 is 7.06. The molecule has 0 spiro atoms. The molecule has 110 valence electrons. The molecule has 0 bridgehead atoms. The zero-order valence-electron chi connectivity index (χ0n) is 12.3. The standard InChI is InChI=1S/C14H26ClN3O/c1-4-6-12(16-5-2)7-8-14-13(15)11-17-18(14)9-10-19-3/h11-12,16H,4-10H2,1-3H3. The first-order chi connectivity index (χ1) is 9.22. The van der Waals surface area contributed by atoms with Crippen molar-refractivity contribution in [1.29, 1.82) is 0 Å². The number of halogens is 1. The van der Waals surface area contributed by atoms with Gasteiger partial charge < -0.3 is 10.1 Å². The van der Waals surface area contributed by atoms with Crippen molar-refractivity contribution in [3.8, 4) is 0 Å². The Morgan fingerprint density at radius 1 is 1.42 bits per heavy atom. The molecule has 4 nitrogen and oxygen atoms in total. The van der Waals surface area contributed by atoms with E-state index in [1.165, 1.54) is 12.8 Å². The Bertz CT molecular complexity index is 348. The van der Waals surface area contributed by atoms with E-state index < -0.39 is 0 Å². The van der Waals surface area contributed by atoms with Crippen LogP contribution in [0.3, 0.4) is 0 Å². The lowest BCUT2D eigenvalue weighted by molar-refractivity contribution is 0.182. The second-order valence-electron chi connectivity index (χ2n) is 4.74. The van der Waals surface area contributed by atoms with Gasteiger partial charge in [-0.25, -0.2) is 0 Å². The van der Waals surface area contributed by atoms with Crippen LogP contribution in [0, 0.1) is 0 Å². The van der Waals surface area contributed by atoms with Crippen molar-refractivity contribution in [3.05, 3.63) is 16.9 Å². The predicted octanol–water partition coefficient (Wildman–Crippen LogP) is 2.89. The van der Waals surface area contributed by atoms with Crippen LogP contribution in [0.5, 0.6) is 0 Å². The lowest BCUT2D eigenvalue weighted by Gasteiger charge is -2.17. The van der Waals surface area contributed by atoms with Gasteiger partial charge in [-0.15, -0.1) is 0 Å². The molecular formula is C14H26ClN3O. The monoisotopic (exact) mass is 287 g/mol. The van der Waals surface area contributed by atoms with E-state index in [-0.39, 0.29) is 0 Å². The van der Waals surface area contributed by atoms with Gasteiger partial charge in [-0.3, -0.25) is 4.68 Å². The molecule has 0 fully saturated rings. The largest absolute Gasteiger partial charge is 0.383 e. The van der Waals surface area contributed by atoms with Crippen LogP contribution >= 0.6 is 11.6 Å². The zero-order chi connectivity index (χ0) is 14.1. The van der Waals surface area contributed by atoms with Crippen molar-refractivity contribution in [1.82, 2.24) is 15.1 Å². The third-order valence-electron chi connectivity index (χ3n) is 3.26. The summed E-state index contributed by atoms with van der Waals surface area (Å²) in [6.45, 7) is 6.81. The number of nitrogens with zero attached hydrogens (tertiary/aromatic N) is 2. The Morgan fingerprint density at radius 3 is 2.84 bits per heavy atom. The highest BCUT2D eigenvalue weighted by Crippen LogP contribution is 2.18. The lowest BCUT2D eigenvalue weighted by atomic mass is 10.0. The third kappa shape index (κ3) is 5.51. The first-order valence-electron chi connectivity index (χ1n) is 7.15. The summed E-state index contributed by atoms with van der Waals surface area (Å²) in [6, 6.07) is 0.567. The van der Waals surface area contributed by atoms with E-state index in [9.17, 15) is 0 Å². The number of aromatic nitrogens is 2. The highest BCUT2D eigenvalue weighted by atomic mass is 35.5. The van der Waals surface area contributed by atoms with Crippen molar-refractivity contribution in [2.45, 2.75) is 52.1 Å². The van der Waals surface area contributed by atoms with Gasteiger partial charge in [-0.2, -0.15) is 5.10 Å². The van der Waals surface area contributed by atoms with Crippen LogP contribution in [0.25, 0.3) is 0 Å². The van der Waals surface area contributed by atoms with Gasteiger partial charge in [-0.1, -0.05) is 31.9 Å². The topological polar surface area (TPSA) is 39.1 Å². The van der Waals surface area contributed by atoms with Crippen LogP contribution in [0.4, 0.5) is 0 Å². The zero-order valence-corrected chi connectivity index (χ0v) is 13.0. The number of hydrogen-bond donors (Lipinski definition) is 1. The fourth-order valence-corrected chi connectivity index (χ4v) is 2.54. The summed E-state index contributed by atoms with van der Waals surface area (Å²) in [5.74, 6) is 0. The molecule has 1 aromatic heterocycles. The van der Waals surface area contributed by atoms with E-state index in [0.29, 0.717) is 12.6 Å². The highest BCUT2D eigenvalue weighted by Gasteiger charge is 2.12. The molecule has 0 saturated carbocycles. The average molecular weight is 288 g/mol. The van der Waals surface area contributed by atoms with E-state index in [0.717, 1.165) is 36.6 Å². The molecule has 1 unspecified atom stereocenters. The first kappa shape index (κ1) is 16.5. The minimum absolute atomic E-state index is 0.567. The quantitative estimate of drug-likeness (QED) is 0.719. The Balaban J connectivity index is 2.56. The molecular weight excluding hydrogens is 262 g/mol. The Labute approximate surface area is 121 Å². The van der Waals surface area contributed by atoms with Crippen molar-refractivity contribution in [2.24, 2.45) is 0 Å². The normalized spacial score (nSPS) is 12.8. The molecule has 0 aliphatic rings. The van der Waals surface area contributed by atoms with Crippen molar-refractivity contribution in [2.75, 3.05) is 20.3 Å². The minimum Gasteiger partial charge on any atom is -0.383 e. The Hall–Kier alpha value is -0.580. The van der Waals surface area contributed by atoms with E-state index in [1.807, 2.05) is 4.68 Å². The van der Waals surface area contributed by atoms with Gasteiger partial charge in [0.2, 0.25) is 0 Å². The molecule has 1 atom stereocenters. The predicted molar refractivity (Wildman–Crippen MR) is 79.8 cm³/mol. The third-order valence-corrected chi connectivity index (χ3v) is 3.58. The van der Waals surface area contributed by atoms with Crippen molar-refractivity contribution in [3.63, 3.8) is 0 Å². The maximum Gasteiger partial charge on any atom is 0.0817 e. The Kier molecular flexibility index (Phi) is 8.10. The summed E-state index contributed by atoms with van der Waals surface area (Å²) in [5.41, 5.74) is 1.12. The maximum atomic E-state index is 6.22. The van der Waals surface area contributed by atoms with Gasteiger partial charge in [0.25, 0.3) is 0 Å². The van der Waals surface area contributed by atoms with Crippen molar-refractivity contribution >= 4 is 11.6 Å². The Morgan fingerprint density at radius 2 is 2.21 bits per heavy atom. The van der Waals surface area contributed by atoms with Gasteiger partial charge in [0.05, 0.1) is 30.1 Å². The van der Waals surface area contributed by atoms with Gasteiger partial charge in [0, 0.05) is 13.2 Å². The molecule has 0 saturated heterocycles. The number of nitrogens with one attached hydrogen (secondary N) is 1.